The highest BCUT2D eigenvalue weighted by Crippen LogP contribution is 2.22. The quantitative estimate of drug-likeness (QED) is 0.311. The second-order valence-corrected chi connectivity index (χ2v) is 9.48. The van der Waals surface area contributed by atoms with E-state index in [1.54, 1.807) is 42.7 Å². The van der Waals surface area contributed by atoms with Gasteiger partial charge in [-0.2, -0.15) is 0 Å². The van der Waals surface area contributed by atoms with Crippen LogP contribution in [0.2, 0.25) is 0 Å². The zero-order chi connectivity index (χ0) is 27.2. The molecule has 0 aliphatic carbocycles. The van der Waals surface area contributed by atoms with Gasteiger partial charge in [0.05, 0.1) is 23.7 Å². The highest BCUT2D eigenvalue weighted by molar-refractivity contribution is 5.93. The molecule has 4 aromatic rings. The minimum absolute atomic E-state index is 0.136. The van der Waals surface area contributed by atoms with Crippen molar-refractivity contribution < 1.29 is 14.0 Å². The van der Waals surface area contributed by atoms with Gasteiger partial charge in [0.2, 0.25) is 11.8 Å². The number of hydrogen-bond acceptors (Lipinski definition) is 5. The van der Waals surface area contributed by atoms with Gasteiger partial charge in [0.25, 0.3) is 5.56 Å². The highest BCUT2D eigenvalue weighted by atomic mass is 16.3. The fourth-order valence-electron chi connectivity index (χ4n) is 4.66. The van der Waals surface area contributed by atoms with E-state index >= 15 is 0 Å². The van der Waals surface area contributed by atoms with E-state index in [1.807, 2.05) is 32.9 Å². The number of rotatable bonds is 10. The first-order valence-corrected chi connectivity index (χ1v) is 12.6. The van der Waals surface area contributed by atoms with E-state index < -0.39 is 11.2 Å². The maximum absolute atomic E-state index is 13.4. The molecule has 0 aliphatic heterocycles. The Morgan fingerprint density at radius 1 is 0.895 bits per heavy atom. The van der Waals surface area contributed by atoms with E-state index in [4.69, 9.17) is 4.42 Å². The number of benzene rings is 2. The first kappa shape index (κ1) is 26.7. The maximum Gasteiger partial charge on any atom is 0.331 e. The molecule has 0 saturated carbocycles. The Balaban J connectivity index is 1.48. The molecule has 0 saturated heterocycles. The van der Waals surface area contributed by atoms with Crippen LogP contribution >= 0.6 is 0 Å². The predicted octanol–water partition coefficient (Wildman–Crippen LogP) is 3.81. The fourth-order valence-corrected chi connectivity index (χ4v) is 4.66. The van der Waals surface area contributed by atoms with Crippen LogP contribution in [-0.4, -0.2) is 20.9 Å². The number of fused-ring (bicyclic) bond motifs is 1. The minimum atomic E-state index is -0.552. The largest absolute Gasteiger partial charge is 0.467 e. The summed E-state index contributed by atoms with van der Waals surface area (Å²) in [7, 11) is 0. The van der Waals surface area contributed by atoms with Crippen LogP contribution < -0.4 is 21.9 Å². The van der Waals surface area contributed by atoms with Gasteiger partial charge in [0, 0.05) is 18.7 Å². The average Bonchev–Trinajstić information content (AvgIpc) is 3.41. The van der Waals surface area contributed by atoms with Crippen molar-refractivity contribution in [2.75, 3.05) is 5.32 Å². The molecule has 4 rings (SSSR count). The molecule has 2 amide bonds. The number of aromatic nitrogens is 2. The number of nitrogens with zero attached hydrogens (tertiary/aromatic N) is 2. The number of amides is 2. The van der Waals surface area contributed by atoms with Gasteiger partial charge in [-0.25, -0.2) is 4.79 Å². The zero-order valence-corrected chi connectivity index (χ0v) is 21.9. The summed E-state index contributed by atoms with van der Waals surface area (Å²) in [6, 6.07) is 14.3. The number of furan rings is 1. The van der Waals surface area contributed by atoms with Crippen LogP contribution in [0.4, 0.5) is 5.69 Å². The summed E-state index contributed by atoms with van der Waals surface area (Å²) < 4.78 is 7.68. The lowest BCUT2D eigenvalue weighted by atomic mass is 10.1. The Kier molecular flexibility index (Phi) is 8.25. The summed E-state index contributed by atoms with van der Waals surface area (Å²) in [6.45, 7) is 6.06. The van der Waals surface area contributed by atoms with Crippen molar-refractivity contribution >= 4 is 28.4 Å². The lowest BCUT2D eigenvalue weighted by Crippen LogP contribution is -2.41. The summed E-state index contributed by atoms with van der Waals surface area (Å²) in [6.07, 6.45) is 2.75. The van der Waals surface area contributed by atoms with Crippen LogP contribution in [0, 0.1) is 20.8 Å². The fraction of sp³-hybridized carbons (Fsp3) is 0.310. The van der Waals surface area contributed by atoms with Gasteiger partial charge >= 0.3 is 5.69 Å². The van der Waals surface area contributed by atoms with Crippen molar-refractivity contribution in [3.8, 4) is 0 Å². The number of aryl methyl sites for hydroxylation is 3. The number of carbonyl (C=O) groups is 2. The van der Waals surface area contributed by atoms with Gasteiger partial charge < -0.3 is 15.1 Å². The van der Waals surface area contributed by atoms with Crippen LogP contribution in [0.25, 0.3) is 10.9 Å². The van der Waals surface area contributed by atoms with Gasteiger partial charge in [-0.05, 0) is 69.0 Å². The first-order valence-electron chi connectivity index (χ1n) is 12.6. The Morgan fingerprint density at radius 2 is 1.63 bits per heavy atom. The molecule has 0 aliphatic rings. The lowest BCUT2D eigenvalue weighted by Gasteiger charge is -2.16. The normalized spacial score (nSPS) is 11.0. The number of unbranched alkanes of at least 4 members (excludes halogenated alkanes) is 1. The Morgan fingerprint density at radius 3 is 2.34 bits per heavy atom. The number of para-hydroxylation sites is 1. The van der Waals surface area contributed by atoms with Crippen molar-refractivity contribution in [1.29, 1.82) is 0 Å². The second kappa shape index (κ2) is 11.8. The molecular formula is C29H32N4O5. The SMILES string of the molecule is Cc1cc(C)c(NC(=O)Cn2c(=O)n(CCCCC(=O)NCc3ccco3)c(=O)c3ccccc32)c(C)c1. The molecule has 0 atom stereocenters. The lowest BCUT2D eigenvalue weighted by molar-refractivity contribution is -0.121. The molecule has 0 fully saturated rings. The molecule has 38 heavy (non-hydrogen) atoms. The average molecular weight is 517 g/mol. The third-order valence-electron chi connectivity index (χ3n) is 6.45. The third-order valence-corrected chi connectivity index (χ3v) is 6.45. The van der Waals surface area contributed by atoms with Crippen LogP contribution in [0.15, 0.2) is 68.8 Å². The number of hydrogen-bond donors (Lipinski definition) is 2. The molecule has 2 aromatic heterocycles. The van der Waals surface area contributed by atoms with E-state index in [0.717, 1.165) is 26.9 Å². The third kappa shape index (κ3) is 6.11. The summed E-state index contributed by atoms with van der Waals surface area (Å²) in [5, 5.41) is 6.07. The van der Waals surface area contributed by atoms with E-state index in [2.05, 4.69) is 10.6 Å². The minimum Gasteiger partial charge on any atom is -0.467 e. The molecule has 0 bridgehead atoms. The first-order chi connectivity index (χ1) is 18.2. The molecular weight excluding hydrogens is 484 g/mol. The molecule has 9 nitrogen and oxygen atoms in total. The van der Waals surface area contributed by atoms with Crippen molar-refractivity contribution in [3.05, 3.63) is 98.1 Å². The van der Waals surface area contributed by atoms with Gasteiger partial charge in [0.1, 0.15) is 12.3 Å². The van der Waals surface area contributed by atoms with Gasteiger partial charge in [-0.1, -0.05) is 29.8 Å². The van der Waals surface area contributed by atoms with Crippen LogP contribution in [0.3, 0.4) is 0 Å². The Bertz CT molecular complexity index is 1560. The standard InChI is InChI=1S/C29H32N4O5/c1-19-15-20(2)27(21(3)16-19)31-26(35)18-33-24-11-5-4-10-23(24)28(36)32(29(33)37)13-7-6-12-25(34)30-17-22-9-8-14-38-22/h4-5,8-11,14-16H,6-7,12-13,17-18H2,1-3H3,(H,30,34)(H,31,35). The summed E-state index contributed by atoms with van der Waals surface area (Å²) >= 11 is 0. The van der Waals surface area contributed by atoms with E-state index in [-0.39, 0.29) is 31.3 Å². The highest BCUT2D eigenvalue weighted by Gasteiger charge is 2.16. The number of anilines is 1. The van der Waals surface area contributed by atoms with Crippen molar-refractivity contribution in [3.63, 3.8) is 0 Å². The number of carbonyl (C=O) groups excluding carboxylic acids is 2. The topological polar surface area (TPSA) is 115 Å². The Labute approximate surface area is 220 Å². The molecule has 9 heteroatoms. The molecule has 2 aromatic carbocycles. The summed E-state index contributed by atoms with van der Waals surface area (Å²) in [4.78, 5) is 51.7. The van der Waals surface area contributed by atoms with Crippen molar-refractivity contribution in [2.24, 2.45) is 0 Å². The van der Waals surface area contributed by atoms with E-state index in [0.29, 0.717) is 36.0 Å². The molecule has 0 radical (unpaired) electrons. The van der Waals surface area contributed by atoms with Gasteiger partial charge in [-0.3, -0.25) is 23.5 Å². The van der Waals surface area contributed by atoms with Crippen LogP contribution in [-0.2, 0) is 29.2 Å². The summed E-state index contributed by atoms with van der Waals surface area (Å²) in [5.41, 5.74) is 3.14. The monoisotopic (exact) mass is 516 g/mol. The van der Waals surface area contributed by atoms with E-state index in [9.17, 15) is 19.2 Å². The molecule has 2 N–H and O–H groups in total. The van der Waals surface area contributed by atoms with Crippen molar-refractivity contribution in [2.45, 2.75) is 59.7 Å². The van der Waals surface area contributed by atoms with E-state index in [1.165, 1.54) is 4.57 Å². The molecule has 198 valence electrons. The molecule has 0 unspecified atom stereocenters. The predicted molar refractivity (Wildman–Crippen MR) is 146 cm³/mol. The second-order valence-electron chi connectivity index (χ2n) is 9.48. The maximum atomic E-state index is 13.4. The zero-order valence-electron chi connectivity index (χ0n) is 21.9. The van der Waals surface area contributed by atoms with Crippen LogP contribution in [0.5, 0.6) is 0 Å². The molecule has 2 heterocycles. The van der Waals surface area contributed by atoms with Gasteiger partial charge in [-0.15, -0.1) is 0 Å². The molecule has 0 spiro atoms. The van der Waals surface area contributed by atoms with Crippen LogP contribution in [0.1, 0.15) is 41.7 Å². The smallest absolute Gasteiger partial charge is 0.331 e. The Hall–Kier alpha value is -4.40. The van der Waals surface area contributed by atoms with Gasteiger partial charge in [0.15, 0.2) is 0 Å². The number of nitrogens with one attached hydrogen (secondary N) is 2. The van der Waals surface area contributed by atoms with Crippen molar-refractivity contribution in [1.82, 2.24) is 14.5 Å². The summed E-state index contributed by atoms with van der Waals surface area (Å²) in [5.74, 6) is 0.173.